The molecule has 0 aromatic rings. The Morgan fingerprint density at radius 2 is 2.16 bits per heavy atom. The van der Waals surface area contributed by atoms with Crippen LogP contribution in [0.15, 0.2) is 0 Å². The molecule has 19 heavy (non-hydrogen) atoms. The van der Waals surface area contributed by atoms with E-state index in [1.807, 2.05) is 6.92 Å². The van der Waals surface area contributed by atoms with E-state index in [4.69, 9.17) is 4.74 Å². The van der Waals surface area contributed by atoms with Gasteiger partial charge in [0.25, 0.3) is 0 Å². The van der Waals surface area contributed by atoms with E-state index in [9.17, 15) is 18.0 Å². The summed E-state index contributed by atoms with van der Waals surface area (Å²) in [6.45, 7) is 2.40. The average molecular weight is 280 g/mol. The van der Waals surface area contributed by atoms with Crippen LogP contribution in [0.1, 0.15) is 26.2 Å². The molecule has 2 N–H and O–H groups in total. The summed E-state index contributed by atoms with van der Waals surface area (Å²) in [5, 5.41) is 5.06. The largest absolute Gasteiger partial charge is 0.404 e. The molecule has 0 spiro atoms. The lowest BCUT2D eigenvalue weighted by Crippen LogP contribution is -2.54. The summed E-state index contributed by atoms with van der Waals surface area (Å²) in [5.74, 6) is -0.943. The molecular weight excluding hydrogens is 261 g/mol. The van der Waals surface area contributed by atoms with Crippen molar-refractivity contribution in [2.45, 2.75) is 38.0 Å². The standard InChI is InChI=1S/C12H19F3N2O2/c1-10(3-2-6-19-10)7-17-9(18)11(12(13,14)15)4-5-16-8-11/h16H,2-8H2,1H3,(H,17,18). The first kappa shape index (κ1) is 14.6. The van der Waals surface area contributed by atoms with Crippen LogP contribution in [0.3, 0.4) is 0 Å². The third kappa shape index (κ3) is 2.72. The smallest absolute Gasteiger partial charge is 0.373 e. The number of amides is 1. The molecule has 2 rings (SSSR count). The zero-order valence-electron chi connectivity index (χ0n) is 10.9. The van der Waals surface area contributed by atoms with Gasteiger partial charge in [-0.2, -0.15) is 13.2 Å². The van der Waals surface area contributed by atoms with Gasteiger partial charge >= 0.3 is 6.18 Å². The third-order valence-electron chi connectivity index (χ3n) is 4.06. The summed E-state index contributed by atoms with van der Waals surface area (Å²) in [4.78, 5) is 12.0. The Kier molecular flexibility index (Phi) is 3.79. The van der Waals surface area contributed by atoms with E-state index >= 15 is 0 Å². The van der Waals surface area contributed by atoms with Gasteiger partial charge in [0.05, 0.1) is 5.60 Å². The summed E-state index contributed by atoms with van der Waals surface area (Å²) < 4.78 is 44.9. The van der Waals surface area contributed by atoms with Crippen LogP contribution >= 0.6 is 0 Å². The van der Waals surface area contributed by atoms with Crippen LogP contribution in [-0.2, 0) is 9.53 Å². The second kappa shape index (κ2) is 4.94. The van der Waals surface area contributed by atoms with Crippen LogP contribution in [0.4, 0.5) is 13.2 Å². The maximum atomic E-state index is 13.1. The fourth-order valence-electron chi connectivity index (χ4n) is 2.67. The number of rotatable bonds is 3. The van der Waals surface area contributed by atoms with Crippen molar-refractivity contribution in [3.63, 3.8) is 0 Å². The van der Waals surface area contributed by atoms with Gasteiger partial charge in [0.15, 0.2) is 5.41 Å². The number of carbonyl (C=O) groups excluding carboxylic acids is 1. The van der Waals surface area contributed by atoms with Crippen molar-refractivity contribution in [3.8, 4) is 0 Å². The summed E-state index contributed by atoms with van der Waals surface area (Å²) in [6.07, 6.45) is -3.11. The molecule has 0 saturated carbocycles. The maximum absolute atomic E-state index is 13.1. The minimum atomic E-state index is -4.53. The predicted octanol–water partition coefficient (Wildman–Crippen LogP) is 1.21. The lowest BCUT2D eigenvalue weighted by Gasteiger charge is -2.31. The number of hydrogen-bond donors (Lipinski definition) is 2. The first-order chi connectivity index (χ1) is 8.79. The van der Waals surface area contributed by atoms with Gasteiger partial charge in [0.2, 0.25) is 5.91 Å². The van der Waals surface area contributed by atoms with Gasteiger partial charge in [-0.25, -0.2) is 0 Å². The molecule has 2 fully saturated rings. The van der Waals surface area contributed by atoms with Gasteiger partial charge in [-0.05, 0) is 32.7 Å². The zero-order valence-corrected chi connectivity index (χ0v) is 10.9. The first-order valence-corrected chi connectivity index (χ1v) is 6.49. The van der Waals surface area contributed by atoms with Crippen LogP contribution < -0.4 is 10.6 Å². The number of halogens is 3. The van der Waals surface area contributed by atoms with Crippen molar-refractivity contribution in [1.82, 2.24) is 10.6 Å². The Hall–Kier alpha value is -0.820. The fourth-order valence-corrected chi connectivity index (χ4v) is 2.67. The van der Waals surface area contributed by atoms with E-state index in [1.165, 1.54) is 0 Å². The topological polar surface area (TPSA) is 50.4 Å². The number of alkyl halides is 3. The van der Waals surface area contributed by atoms with Gasteiger partial charge < -0.3 is 15.4 Å². The van der Waals surface area contributed by atoms with Crippen molar-refractivity contribution in [2.24, 2.45) is 5.41 Å². The van der Waals surface area contributed by atoms with Gasteiger partial charge in [0.1, 0.15) is 0 Å². The maximum Gasteiger partial charge on any atom is 0.404 e. The normalized spacial score (nSPS) is 35.6. The predicted molar refractivity (Wildman–Crippen MR) is 62.6 cm³/mol. The molecule has 0 aromatic heterocycles. The Balaban J connectivity index is 2.01. The van der Waals surface area contributed by atoms with Crippen LogP contribution in [0.25, 0.3) is 0 Å². The minimum Gasteiger partial charge on any atom is -0.373 e. The summed E-state index contributed by atoms with van der Waals surface area (Å²) in [7, 11) is 0. The highest BCUT2D eigenvalue weighted by molar-refractivity contribution is 5.84. The quantitative estimate of drug-likeness (QED) is 0.817. The Bertz CT molecular complexity index is 345. The average Bonchev–Trinajstić information content (AvgIpc) is 2.94. The lowest BCUT2D eigenvalue weighted by atomic mass is 9.85. The second-order valence-corrected chi connectivity index (χ2v) is 5.59. The molecule has 4 nitrogen and oxygen atoms in total. The molecule has 2 aliphatic rings. The monoisotopic (exact) mass is 280 g/mol. The number of nitrogens with one attached hydrogen (secondary N) is 2. The van der Waals surface area contributed by atoms with Gasteiger partial charge in [0, 0.05) is 19.7 Å². The summed E-state index contributed by atoms with van der Waals surface area (Å²) in [5.41, 5.74) is -2.82. The van der Waals surface area contributed by atoms with E-state index in [2.05, 4.69) is 10.6 Å². The lowest BCUT2D eigenvalue weighted by molar-refractivity contribution is -0.216. The first-order valence-electron chi connectivity index (χ1n) is 6.49. The Morgan fingerprint density at radius 3 is 2.63 bits per heavy atom. The number of ether oxygens (including phenoxy) is 1. The molecule has 0 bridgehead atoms. The molecule has 2 aliphatic heterocycles. The summed E-state index contributed by atoms with van der Waals surface area (Å²) >= 11 is 0. The molecule has 2 saturated heterocycles. The molecule has 0 aromatic carbocycles. The molecule has 7 heteroatoms. The third-order valence-corrected chi connectivity index (χ3v) is 4.06. The Labute approximate surface area is 110 Å². The summed E-state index contributed by atoms with van der Waals surface area (Å²) in [6, 6.07) is 0. The van der Waals surface area contributed by atoms with Crippen LogP contribution in [0.2, 0.25) is 0 Å². The highest BCUT2D eigenvalue weighted by atomic mass is 19.4. The number of hydrogen-bond acceptors (Lipinski definition) is 3. The SMILES string of the molecule is CC1(CNC(=O)C2(C(F)(F)F)CCNC2)CCCO1. The van der Waals surface area contributed by atoms with Gasteiger partial charge in [-0.1, -0.05) is 0 Å². The van der Waals surface area contributed by atoms with Crippen molar-refractivity contribution in [2.75, 3.05) is 26.2 Å². The van der Waals surface area contributed by atoms with E-state index in [0.717, 1.165) is 12.8 Å². The number of carbonyl (C=O) groups is 1. The van der Waals surface area contributed by atoms with Crippen molar-refractivity contribution in [3.05, 3.63) is 0 Å². The van der Waals surface area contributed by atoms with Gasteiger partial charge in [-0.15, -0.1) is 0 Å². The van der Waals surface area contributed by atoms with Crippen LogP contribution in [0.5, 0.6) is 0 Å². The van der Waals surface area contributed by atoms with Crippen LogP contribution in [-0.4, -0.2) is 43.9 Å². The van der Waals surface area contributed by atoms with E-state index < -0.39 is 23.1 Å². The molecule has 2 unspecified atom stereocenters. The van der Waals surface area contributed by atoms with Crippen molar-refractivity contribution < 1.29 is 22.7 Å². The Morgan fingerprint density at radius 1 is 1.42 bits per heavy atom. The zero-order chi connectivity index (χ0) is 14.1. The molecule has 0 radical (unpaired) electrons. The molecule has 0 aliphatic carbocycles. The second-order valence-electron chi connectivity index (χ2n) is 5.59. The molecule has 1 amide bonds. The van der Waals surface area contributed by atoms with Crippen molar-refractivity contribution in [1.29, 1.82) is 0 Å². The van der Waals surface area contributed by atoms with Crippen molar-refractivity contribution >= 4 is 5.91 Å². The molecular formula is C12H19F3N2O2. The van der Waals surface area contributed by atoms with E-state index in [1.54, 1.807) is 0 Å². The minimum absolute atomic E-state index is 0.129. The highest BCUT2D eigenvalue weighted by Gasteiger charge is 2.61. The molecule has 2 atom stereocenters. The highest BCUT2D eigenvalue weighted by Crippen LogP contribution is 2.43. The fraction of sp³-hybridized carbons (Fsp3) is 0.917. The van der Waals surface area contributed by atoms with Gasteiger partial charge in [-0.3, -0.25) is 4.79 Å². The van der Waals surface area contributed by atoms with E-state index in [0.29, 0.717) is 6.61 Å². The molecule has 2 heterocycles. The van der Waals surface area contributed by atoms with E-state index in [-0.39, 0.29) is 26.1 Å². The molecule has 110 valence electrons. The van der Waals surface area contributed by atoms with Crippen LogP contribution in [0, 0.1) is 5.41 Å².